The molecular weight excluding hydrogens is 507 g/mol. The van der Waals surface area contributed by atoms with E-state index in [1.54, 1.807) is 12.1 Å². The Morgan fingerprint density at radius 3 is 2.61 bits per heavy atom. The molecule has 1 aliphatic carbocycles. The van der Waals surface area contributed by atoms with Crippen LogP contribution in [0.4, 0.5) is 10.1 Å². The zero-order valence-electron chi connectivity index (χ0n) is 20.5. The molecule has 2 heterocycles. The molecule has 0 radical (unpaired) electrons. The van der Waals surface area contributed by atoms with Gasteiger partial charge in [-0.2, -0.15) is 4.80 Å². The Bertz CT molecular complexity index is 1390. The number of rotatable bonds is 8. The zero-order chi connectivity index (χ0) is 26.5. The molecular formula is C27H27FN6O3S. The first-order valence-corrected chi connectivity index (χ1v) is 13.3. The third-order valence-electron chi connectivity index (χ3n) is 6.48. The highest BCUT2D eigenvalue weighted by atomic mass is 32.1. The molecule has 1 fully saturated rings. The number of tetrazole rings is 1. The van der Waals surface area contributed by atoms with Gasteiger partial charge in [-0.3, -0.25) is 14.5 Å². The van der Waals surface area contributed by atoms with Gasteiger partial charge in [0.1, 0.15) is 24.2 Å². The average molecular weight is 535 g/mol. The summed E-state index contributed by atoms with van der Waals surface area (Å²) in [5.74, 6) is -0.920. The van der Waals surface area contributed by atoms with E-state index in [1.165, 1.54) is 52.6 Å². The van der Waals surface area contributed by atoms with Crippen LogP contribution >= 0.6 is 11.3 Å². The van der Waals surface area contributed by atoms with E-state index in [9.17, 15) is 19.1 Å². The van der Waals surface area contributed by atoms with Gasteiger partial charge in [0.05, 0.1) is 0 Å². The van der Waals surface area contributed by atoms with Crippen molar-refractivity contribution in [3.63, 3.8) is 0 Å². The van der Waals surface area contributed by atoms with Gasteiger partial charge in [-0.1, -0.05) is 31.4 Å². The van der Waals surface area contributed by atoms with Crippen LogP contribution in [0.15, 0.2) is 66.0 Å². The van der Waals surface area contributed by atoms with Gasteiger partial charge < -0.3 is 10.4 Å². The molecule has 11 heteroatoms. The fourth-order valence-corrected chi connectivity index (χ4v) is 5.46. The maximum atomic E-state index is 13.8. The maximum absolute atomic E-state index is 13.8. The van der Waals surface area contributed by atoms with Gasteiger partial charge in [0.15, 0.2) is 0 Å². The lowest BCUT2D eigenvalue weighted by molar-refractivity contribution is -0.127. The van der Waals surface area contributed by atoms with Crippen molar-refractivity contribution in [1.29, 1.82) is 0 Å². The number of halogens is 1. The fraction of sp³-hybridized carbons (Fsp3) is 0.296. The minimum Gasteiger partial charge on any atom is -0.508 e. The zero-order valence-corrected chi connectivity index (χ0v) is 21.4. The molecule has 0 spiro atoms. The molecule has 0 bridgehead atoms. The third-order valence-corrected chi connectivity index (χ3v) is 7.40. The molecule has 5 rings (SSSR count). The number of aromatic hydroxyl groups is 1. The summed E-state index contributed by atoms with van der Waals surface area (Å²) in [6.07, 6.45) is 5.06. The number of thiophene rings is 1. The van der Waals surface area contributed by atoms with Gasteiger partial charge in [0, 0.05) is 28.2 Å². The summed E-state index contributed by atoms with van der Waals surface area (Å²) in [4.78, 5) is 30.8. The molecule has 2 amide bonds. The highest BCUT2D eigenvalue weighted by Gasteiger charge is 2.35. The van der Waals surface area contributed by atoms with E-state index in [1.807, 2.05) is 17.5 Å². The van der Waals surface area contributed by atoms with Gasteiger partial charge in [0.2, 0.25) is 11.7 Å². The summed E-state index contributed by atoms with van der Waals surface area (Å²) in [6.45, 7) is -0.303. The largest absolute Gasteiger partial charge is 0.508 e. The van der Waals surface area contributed by atoms with E-state index in [0.29, 0.717) is 16.1 Å². The summed E-state index contributed by atoms with van der Waals surface area (Å²) in [7, 11) is 0. The van der Waals surface area contributed by atoms with E-state index in [-0.39, 0.29) is 35.9 Å². The molecule has 2 aromatic carbocycles. The number of anilines is 1. The van der Waals surface area contributed by atoms with Crippen LogP contribution < -0.4 is 10.2 Å². The molecule has 9 nitrogen and oxygen atoms in total. The van der Waals surface area contributed by atoms with Gasteiger partial charge in [-0.15, -0.1) is 21.5 Å². The van der Waals surface area contributed by atoms with Crippen LogP contribution in [0, 0.1) is 5.82 Å². The van der Waals surface area contributed by atoms with Crippen molar-refractivity contribution < 1.29 is 19.1 Å². The van der Waals surface area contributed by atoms with E-state index in [2.05, 4.69) is 20.7 Å². The minimum atomic E-state index is -0.952. The van der Waals surface area contributed by atoms with E-state index in [4.69, 9.17) is 0 Å². The van der Waals surface area contributed by atoms with Crippen molar-refractivity contribution in [2.24, 2.45) is 0 Å². The lowest BCUT2D eigenvalue weighted by Gasteiger charge is -2.32. The van der Waals surface area contributed by atoms with Gasteiger partial charge in [0.25, 0.3) is 5.91 Å². The number of phenolic OH excluding ortho intramolecular Hbond substituents is 1. The van der Waals surface area contributed by atoms with Crippen molar-refractivity contribution in [1.82, 2.24) is 25.5 Å². The van der Waals surface area contributed by atoms with Crippen LogP contribution in [0.2, 0.25) is 0 Å². The van der Waals surface area contributed by atoms with Crippen molar-refractivity contribution in [2.75, 3.05) is 4.90 Å². The second-order valence-electron chi connectivity index (χ2n) is 9.20. The van der Waals surface area contributed by atoms with Crippen LogP contribution in [0.5, 0.6) is 5.75 Å². The Kier molecular flexibility index (Phi) is 7.73. The standard InChI is InChI=1S/C27H27FN6O3S/c28-19-13-11-18(12-14-19)26-30-32-33(31-26)17-24(36)34(21-8-4-9-22(35)16-21)25(23-10-5-15-38-23)27(37)29-20-6-2-1-3-7-20/h4-5,8-16,20,25,35H,1-3,6-7,17H2,(H,29,37)/t25-/m0/s1. The van der Waals surface area contributed by atoms with Crippen molar-refractivity contribution in [3.8, 4) is 17.1 Å². The number of amides is 2. The molecule has 4 aromatic rings. The smallest absolute Gasteiger partial charge is 0.251 e. The molecule has 2 N–H and O–H groups in total. The third kappa shape index (κ3) is 5.88. The minimum absolute atomic E-state index is 0.0320. The summed E-state index contributed by atoms with van der Waals surface area (Å²) in [5.41, 5.74) is 0.921. The monoisotopic (exact) mass is 534 g/mol. The van der Waals surface area contributed by atoms with E-state index in [0.717, 1.165) is 36.9 Å². The molecule has 0 unspecified atom stereocenters. The number of hydrogen-bond donors (Lipinski definition) is 2. The Hall–Kier alpha value is -4.12. The van der Waals surface area contributed by atoms with Gasteiger partial charge in [-0.25, -0.2) is 4.39 Å². The lowest BCUT2D eigenvalue weighted by Crippen LogP contribution is -2.48. The normalized spacial score (nSPS) is 14.7. The maximum Gasteiger partial charge on any atom is 0.251 e. The number of carbonyl (C=O) groups excluding carboxylic acids is 2. The van der Waals surface area contributed by atoms with Crippen LogP contribution in [-0.2, 0) is 16.1 Å². The predicted octanol–water partition coefficient (Wildman–Crippen LogP) is 4.47. The summed E-state index contributed by atoms with van der Waals surface area (Å²) in [6, 6.07) is 14.6. The highest BCUT2D eigenvalue weighted by Crippen LogP contribution is 2.33. The molecule has 1 atom stereocenters. The number of hydrogen-bond acceptors (Lipinski definition) is 7. The first-order chi connectivity index (χ1) is 18.5. The van der Waals surface area contributed by atoms with Crippen LogP contribution in [0.3, 0.4) is 0 Å². The lowest BCUT2D eigenvalue weighted by atomic mass is 9.95. The number of nitrogens with one attached hydrogen (secondary N) is 1. The SMILES string of the molecule is O=C(NC1CCCCC1)[C@H](c1cccs1)N(C(=O)Cn1nnc(-c2ccc(F)cc2)n1)c1cccc(O)c1. The second-order valence-corrected chi connectivity index (χ2v) is 10.2. The molecule has 1 saturated carbocycles. The highest BCUT2D eigenvalue weighted by molar-refractivity contribution is 7.10. The van der Waals surface area contributed by atoms with Crippen molar-refractivity contribution >= 4 is 28.8 Å². The molecule has 0 aliphatic heterocycles. The van der Waals surface area contributed by atoms with Gasteiger partial charge >= 0.3 is 0 Å². The molecule has 38 heavy (non-hydrogen) atoms. The molecule has 196 valence electrons. The molecule has 1 aliphatic rings. The van der Waals surface area contributed by atoms with Crippen LogP contribution in [0.25, 0.3) is 11.4 Å². The predicted molar refractivity (Wildman–Crippen MR) is 141 cm³/mol. The van der Waals surface area contributed by atoms with Crippen LogP contribution in [-0.4, -0.2) is 43.2 Å². The number of aromatic nitrogens is 4. The quantitative estimate of drug-likeness (QED) is 0.345. The number of phenols is 1. The number of benzene rings is 2. The fourth-order valence-electron chi connectivity index (χ4n) is 4.65. The van der Waals surface area contributed by atoms with E-state index >= 15 is 0 Å². The summed E-state index contributed by atoms with van der Waals surface area (Å²) < 4.78 is 13.3. The number of nitrogens with zero attached hydrogens (tertiary/aromatic N) is 5. The van der Waals surface area contributed by atoms with Gasteiger partial charge in [-0.05, 0) is 65.9 Å². The average Bonchev–Trinajstić information content (AvgIpc) is 3.61. The Labute approximate surface area is 222 Å². The van der Waals surface area contributed by atoms with Crippen molar-refractivity contribution in [3.05, 3.63) is 76.7 Å². The van der Waals surface area contributed by atoms with Crippen molar-refractivity contribution in [2.45, 2.75) is 50.7 Å². The molecule has 0 saturated heterocycles. The van der Waals surface area contributed by atoms with Crippen LogP contribution in [0.1, 0.15) is 43.0 Å². The summed E-state index contributed by atoms with van der Waals surface area (Å²) in [5, 5.41) is 27.5. The first-order valence-electron chi connectivity index (χ1n) is 12.5. The number of carbonyl (C=O) groups is 2. The Morgan fingerprint density at radius 1 is 1.11 bits per heavy atom. The topological polar surface area (TPSA) is 113 Å². The Morgan fingerprint density at radius 2 is 1.89 bits per heavy atom. The first kappa shape index (κ1) is 25.5. The molecule has 2 aromatic heterocycles. The van der Waals surface area contributed by atoms with E-state index < -0.39 is 11.9 Å². The Balaban J connectivity index is 1.46. The second kappa shape index (κ2) is 11.5. The summed E-state index contributed by atoms with van der Waals surface area (Å²) >= 11 is 1.38.